The van der Waals surface area contributed by atoms with E-state index in [1.807, 2.05) is 68.4 Å². The van der Waals surface area contributed by atoms with Gasteiger partial charge in [-0.2, -0.15) is 0 Å². The van der Waals surface area contributed by atoms with Gasteiger partial charge in [-0.1, -0.05) is 30.3 Å². The van der Waals surface area contributed by atoms with Crippen LogP contribution in [0.4, 0.5) is 0 Å². The standard InChI is InChI=1S/C17H20O3/c1-17(2,13-18)20-16-10-8-15(9-11-16)19-12-14-6-4-3-5-7-14/h3-11,18H,12-13H2,1-2H3. The Hall–Kier alpha value is -2.00. The second-order valence-electron chi connectivity index (χ2n) is 5.27. The molecule has 0 saturated heterocycles. The Morgan fingerprint density at radius 1 is 0.900 bits per heavy atom. The van der Waals surface area contributed by atoms with Gasteiger partial charge in [0.2, 0.25) is 0 Å². The van der Waals surface area contributed by atoms with Gasteiger partial charge in [0, 0.05) is 0 Å². The summed E-state index contributed by atoms with van der Waals surface area (Å²) in [6, 6.07) is 17.5. The Labute approximate surface area is 119 Å². The highest BCUT2D eigenvalue weighted by Gasteiger charge is 2.17. The molecule has 0 aromatic heterocycles. The summed E-state index contributed by atoms with van der Waals surface area (Å²) in [6.07, 6.45) is 0. The van der Waals surface area contributed by atoms with E-state index in [-0.39, 0.29) is 6.61 Å². The molecule has 0 amide bonds. The van der Waals surface area contributed by atoms with Crippen molar-refractivity contribution < 1.29 is 14.6 Å². The van der Waals surface area contributed by atoms with Gasteiger partial charge in [-0.15, -0.1) is 0 Å². The van der Waals surface area contributed by atoms with Gasteiger partial charge in [-0.05, 0) is 43.7 Å². The average Bonchev–Trinajstić information content (AvgIpc) is 2.47. The van der Waals surface area contributed by atoms with Crippen LogP contribution in [0, 0.1) is 0 Å². The maximum absolute atomic E-state index is 9.17. The molecule has 0 heterocycles. The maximum Gasteiger partial charge on any atom is 0.126 e. The van der Waals surface area contributed by atoms with Crippen molar-refractivity contribution in [2.45, 2.75) is 26.1 Å². The lowest BCUT2D eigenvalue weighted by Gasteiger charge is -2.23. The van der Waals surface area contributed by atoms with Crippen LogP contribution in [0.1, 0.15) is 19.4 Å². The van der Waals surface area contributed by atoms with Crippen LogP contribution in [0.25, 0.3) is 0 Å². The van der Waals surface area contributed by atoms with Crippen molar-refractivity contribution in [2.24, 2.45) is 0 Å². The van der Waals surface area contributed by atoms with Gasteiger partial charge in [0.15, 0.2) is 0 Å². The van der Waals surface area contributed by atoms with Crippen LogP contribution in [0.2, 0.25) is 0 Å². The predicted octanol–water partition coefficient (Wildman–Crippen LogP) is 3.42. The third kappa shape index (κ3) is 4.28. The van der Waals surface area contributed by atoms with Gasteiger partial charge >= 0.3 is 0 Å². The first-order valence-electron chi connectivity index (χ1n) is 6.66. The van der Waals surface area contributed by atoms with Crippen LogP contribution in [0.3, 0.4) is 0 Å². The molecular formula is C17H20O3. The Bertz CT molecular complexity index is 518. The van der Waals surface area contributed by atoms with Crippen molar-refractivity contribution in [1.29, 1.82) is 0 Å². The largest absolute Gasteiger partial charge is 0.489 e. The Morgan fingerprint density at radius 2 is 1.50 bits per heavy atom. The molecule has 2 aromatic carbocycles. The van der Waals surface area contributed by atoms with E-state index in [2.05, 4.69) is 0 Å². The SMILES string of the molecule is CC(C)(CO)Oc1ccc(OCc2ccccc2)cc1. The fourth-order valence-electron chi connectivity index (χ4n) is 1.70. The fourth-order valence-corrected chi connectivity index (χ4v) is 1.70. The van der Waals surface area contributed by atoms with Gasteiger partial charge < -0.3 is 14.6 Å². The molecular weight excluding hydrogens is 252 g/mol. The molecule has 0 aliphatic heterocycles. The highest BCUT2D eigenvalue weighted by Crippen LogP contribution is 2.22. The van der Waals surface area contributed by atoms with Crippen LogP contribution < -0.4 is 9.47 Å². The number of rotatable bonds is 6. The molecule has 0 aliphatic rings. The lowest BCUT2D eigenvalue weighted by atomic mass is 10.1. The molecule has 0 saturated carbocycles. The summed E-state index contributed by atoms with van der Waals surface area (Å²) in [4.78, 5) is 0. The molecule has 2 aromatic rings. The molecule has 0 atom stereocenters. The van der Waals surface area contributed by atoms with Gasteiger partial charge in [0.05, 0.1) is 6.61 Å². The second-order valence-corrected chi connectivity index (χ2v) is 5.27. The van der Waals surface area contributed by atoms with Crippen molar-refractivity contribution in [3.05, 3.63) is 60.2 Å². The number of aliphatic hydroxyl groups excluding tert-OH is 1. The number of hydrogen-bond acceptors (Lipinski definition) is 3. The van der Waals surface area contributed by atoms with Gasteiger partial charge in [0.25, 0.3) is 0 Å². The van der Waals surface area contributed by atoms with E-state index in [1.54, 1.807) is 0 Å². The molecule has 0 unspecified atom stereocenters. The molecule has 0 aliphatic carbocycles. The van der Waals surface area contributed by atoms with Crippen LogP contribution in [0.15, 0.2) is 54.6 Å². The Kier molecular flexibility index (Phi) is 4.64. The van der Waals surface area contributed by atoms with E-state index in [4.69, 9.17) is 9.47 Å². The molecule has 3 heteroatoms. The van der Waals surface area contributed by atoms with Crippen LogP contribution in [-0.2, 0) is 6.61 Å². The molecule has 106 valence electrons. The fraction of sp³-hybridized carbons (Fsp3) is 0.294. The summed E-state index contributed by atoms with van der Waals surface area (Å²) in [6.45, 7) is 4.20. The van der Waals surface area contributed by atoms with Gasteiger partial charge in [-0.3, -0.25) is 0 Å². The first-order valence-corrected chi connectivity index (χ1v) is 6.66. The smallest absolute Gasteiger partial charge is 0.126 e. The van der Waals surface area contributed by atoms with Gasteiger partial charge in [0.1, 0.15) is 23.7 Å². The zero-order chi connectivity index (χ0) is 14.4. The highest BCUT2D eigenvalue weighted by molar-refractivity contribution is 5.32. The van der Waals surface area contributed by atoms with Crippen molar-refractivity contribution in [2.75, 3.05) is 6.61 Å². The Morgan fingerprint density at radius 3 is 2.10 bits per heavy atom. The first kappa shape index (κ1) is 14.4. The average molecular weight is 272 g/mol. The summed E-state index contributed by atoms with van der Waals surface area (Å²) >= 11 is 0. The predicted molar refractivity (Wildman–Crippen MR) is 79.0 cm³/mol. The van der Waals surface area contributed by atoms with Crippen LogP contribution in [0.5, 0.6) is 11.5 Å². The van der Waals surface area contributed by atoms with E-state index in [9.17, 15) is 5.11 Å². The van der Waals surface area contributed by atoms with Gasteiger partial charge in [-0.25, -0.2) is 0 Å². The molecule has 1 N–H and O–H groups in total. The topological polar surface area (TPSA) is 38.7 Å². The zero-order valence-electron chi connectivity index (χ0n) is 11.9. The number of aliphatic hydroxyl groups is 1. The number of ether oxygens (including phenoxy) is 2. The van der Waals surface area contributed by atoms with E-state index in [0.717, 1.165) is 17.1 Å². The zero-order valence-corrected chi connectivity index (χ0v) is 11.9. The minimum atomic E-state index is -0.577. The Balaban J connectivity index is 1.92. The van der Waals surface area contributed by atoms with E-state index in [1.165, 1.54) is 0 Å². The lowest BCUT2D eigenvalue weighted by molar-refractivity contribution is 0.0412. The summed E-state index contributed by atoms with van der Waals surface area (Å²) in [5, 5.41) is 9.17. The van der Waals surface area contributed by atoms with Crippen LogP contribution >= 0.6 is 0 Å². The molecule has 2 rings (SSSR count). The normalized spacial score (nSPS) is 11.2. The quantitative estimate of drug-likeness (QED) is 0.875. The third-order valence-electron chi connectivity index (χ3n) is 2.85. The second kappa shape index (κ2) is 6.44. The van der Waals surface area contributed by atoms with E-state index < -0.39 is 5.60 Å². The number of benzene rings is 2. The lowest BCUT2D eigenvalue weighted by Crippen LogP contribution is -2.32. The monoisotopic (exact) mass is 272 g/mol. The summed E-state index contributed by atoms with van der Waals surface area (Å²) < 4.78 is 11.4. The molecule has 3 nitrogen and oxygen atoms in total. The highest BCUT2D eigenvalue weighted by atomic mass is 16.5. The maximum atomic E-state index is 9.17. The van der Waals surface area contributed by atoms with E-state index >= 15 is 0 Å². The van der Waals surface area contributed by atoms with Crippen molar-refractivity contribution in [3.63, 3.8) is 0 Å². The summed E-state index contributed by atoms with van der Waals surface area (Å²) in [7, 11) is 0. The van der Waals surface area contributed by atoms with Crippen molar-refractivity contribution in [3.8, 4) is 11.5 Å². The molecule has 20 heavy (non-hydrogen) atoms. The summed E-state index contributed by atoms with van der Waals surface area (Å²) in [5.74, 6) is 1.51. The minimum Gasteiger partial charge on any atom is -0.489 e. The summed E-state index contributed by atoms with van der Waals surface area (Å²) in [5.41, 5.74) is 0.557. The molecule has 0 radical (unpaired) electrons. The molecule has 0 spiro atoms. The van der Waals surface area contributed by atoms with Crippen molar-refractivity contribution >= 4 is 0 Å². The number of hydrogen-bond donors (Lipinski definition) is 1. The van der Waals surface area contributed by atoms with E-state index in [0.29, 0.717) is 6.61 Å². The van der Waals surface area contributed by atoms with Crippen molar-refractivity contribution in [1.82, 2.24) is 0 Å². The first-order chi connectivity index (χ1) is 9.59. The van der Waals surface area contributed by atoms with Crippen LogP contribution in [-0.4, -0.2) is 17.3 Å². The molecule has 0 bridgehead atoms. The minimum absolute atomic E-state index is 0.0285. The third-order valence-corrected chi connectivity index (χ3v) is 2.85. The molecule has 0 fully saturated rings.